The third-order valence-corrected chi connectivity index (χ3v) is 4.12. The van der Waals surface area contributed by atoms with E-state index in [9.17, 15) is 0 Å². The summed E-state index contributed by atoms with van der Waals surface area (Å²) in [5, 5.41) is 4.64. The zero-order chi connectivity index (χ0) is 14.3. The molecule has 19 heavy (non-hydrogen) atoms. The molecular formula is C14H26N2O2S. The molecule has 0 radical (unpaired) electrons. The molecule has 1 unspecified atom stereocenters. The van der Waals surface area contributed by atoms with Crippen LogP contribution in [0, 0.1) is 13.8 Å². The standard InChI is InChI=1S/C14H26N2O2S/c1-6-17-13(18-7-2)8-9-15-10(3)14-11(4)16-12(5)19-14/h10,13,15H,6-9H2,1-5H3. The Morgan fingerprint density at radius 3 is 2.32 bits per heavy atom. The summed E-state index contributed by atoms with van der Waals surface area (Å²) >= 11 is 1.77. The van der Waals surface area contributed by atoms with Crippen LogP contribution in [0.3, 0.4) is 0 Å². The van der Waals surface area contributed by atoms with Crippen LogP contribution in [-0.4, -0.2) is 31.0 Å². The van der Waals surface area contributed by atoms with Gasteiger partial charge in [0.1, 0.15) is 0 Å². The highest BCUT2D eigenvalue weighted by molar-refractivity contribution is 7.11. The van der Waals surface area contributed by atoms with Crippen LogP contribution in [0.1, 0.15) is 48.8 Å². The summed E-state index contributed by atoms with van der Waals surface area (Å²) in [6.45, 7) is 12.5. The van der Waals surface area contributed by atoms with Crippen molar-refractivity contribution in [3.63, 3.8) is 0 Å². The second-order valence-electron chi connectivity index (χ2n) is 4.49. The molecule has 0 spiro atoms. The van der Waals surface area contributed by atoms with Gasteiger partial charge in [-0.3, -0.25) is 0 Å². The number of thiazole rings is 1. The Morgan fingerprint density at radius 2 is 1.84 bits per heavy atom. The second-order valence-corrected chi connectivity index (χ2v) is 5.72. The SMILES string of the molecule is CCOC(CCNC(C)c1sc(C)nc1C)OCC. The molecule has 5 heteroatoms. The Hall–Kier alpha value is -0.490. The van der Waals surface area contributed by atoms with Crippen molar-refractivity contribution in [3.05, 3.63) is 15.6 Å². The molecular weight excluding hydrogens is 260 g/mol. The van der Waals surface area contributed by atoms with Gasteiger partial charge in [-0.1, -0.05) is 0 Å². The minimum absolute atomic E-state index is 0.0982. The quantitative estimate of drug-likeness (QED) is 0.708. The third kappa shape index (κ3) is 5.57. The lowest BCUT2D eigenvalue weighted by Gasteiger charge is -2.19. The first-order valence-electron chi connectivity index (χ1n) is 6.98. The van der Waals surface area contributed by atoms with Gasteiger partial charge >= 0.3 is 0 Å². The van der Waals surface area contributed by atoms with E-state index in [0.29, 0.717) is 19.3 Å². The average Bonchev–Trinajstić information content (AvgIpc) is 2.69. The predicted molar refractivity (Wildman–Crippen MR) is 79.7 cm³/mol. The second kappa shape index (κ2) is 8.64. The normalized spacial score (nSPS) is 13.2. The van der Waals surface area contributed by atoms with Crippen LogP contribution < -0.4 is 5.32 Å². The molecule has 4 nitrogen and oxygen atoms in total. The molecule has 0 fully saturated rings. The Bertz CT molecular complexity index is 362. The summed E-state index contributed by atoms with van der Waals surface area (Å²) in [7, 11) is 0. The van der Waals surface area contributed by atoms with E-state index in [1.165, 1.54) is 4.88 Å². The van der Waals surface area contributed by atoms with E-state index < -0.39 is 0 Å². The molecule has 1 atom stereocenters. The number of rotatable bonds is 9. The van der Waals surface area contributed by atoms with Gasteiger partial charge in [0.05, 0.1) is 10.7 Å². The molecule has 1 aromatic rings. The summed E-state index contributed by atoms with van der Waals surface area (Å²) in [6, 6.07) is 0.329. The highest BCUT2D eigenvalue weighted by atomic mass is 32.1. The molecule has 0 amide bonds. The number of nitrogens with one attached hydrogen (secondary N) is 1. The minimum Gasteiger partial charge on any atom is -0.353 e. The molecule has 110 valence electrons. The van der Waals surface area contributed by atoms with E-state index in [-0.39, 0.29) is 6.29 Å². The van der Waals surface area contributed by atoms with Crippen LogP contribution in [0.25, 0.3) is 0 Å². The topological polar surface area (TPSA) is 43.4 Å². The lowest BCUT2D eigenvalue weighted by atomic mass is 10.2. The molecule has 0 aliphatic carbocycles. The third-order valence-electron chi connectivity index (χ3n) is 2.87. The van der Waals surface area contributed by atoms with Gasteiger partial charge in [0, 0.05) is 37.1 Å². The molecule has 1 heterocycles. The van der Waals surface area contributed by atoms with Gasteiger partial charge in [-0.25, -0.2) is 4.98 Å². The number of nitrogens with zero attached hydrogens (tertiary/aromatic N) is 1. The lowest BCUT2D eigenvalue weighted by molar-refractivity contribution is -0.138. The van der Waals surface area contributed by atoms with Crippen LogP contribution in [0.15, 0.2) is 0 Å². The zero-order valence-electron chi connectivity index (χ0n) is 12.7. The first kappa shape index (κ1) is 16.6. The molecule has 1 rings (SSSR count). The summed E-state index contributed by atoms with van der Waals surface area (Å²) < 4.78 is 11.1. The highest BCUT2D eigenvalue weighted by Gasteiger charge is 2.13. The van der Waals surface area contributed by atoms with Gasteiger partial charge in [0.25, 0.3) is 0 Å². The minimum atomic E-state index is -0.0982. The maximum atomic E-state index is 5.53. The molecule has 0 aliphatic heterocycles. The van der Waals surface area contributed by atoms with Gasteiger partial charge in [-0.05, 0) is 34.6 Å². The first-order chi connectivity index (χ1) is 9.08. The molecule has 1 aromatic heterocycles. The van der Waals surface area contributed by atoms with Crippen molar-refractivity contribution in [1.29, 1.82) is 0 Å². The van der Waals surface area contributed by atoms with E-state index >= 15 is 0 Å². The smallest absolute Gasteiger partial charge is 0.158 e. The van der Waals surface area contributed by atoms with E-state index in [1.807, 2.05) is 20.8 Å². The maximum Gasteiger partial charge on any atom is 0.158 e. The van der Waals surface area contributed by atoms with Gasteiger partial charge in [-0.2, -0.15) is 0 Å². The fourth-order valence-electron chi connectivity index (χ4n) is 2.05. The van der Waals surface area contributed by atoms with Crippen LogP contribution >= 0.6 is 11.3 Å². The average molecular weight is 286 g/mol. The Morgan fingerprint density at radius 1 is 1.21 bits per heavy atom. The molecule has 0 saturated carbocycles. The number of ether oxygens (including phenoxy) is 2. The van der Waals surface area contributed by atoms with Crippen molar-refractivity contribution in [2.45, 2.75) is 53.4 Å². The highest BCUT2D eigenvalue weighted by Crippen LogP contribution is 2.24. The van der Waals surface area contributed by atoms with Gasteiger partial charge < -0.3 is 14.8 Å². The van der Waals surface area contributed by atoms with E-state index in [4.69, 9.17) is 9.47 Å². The fourth-order valence-corrected chi connectivity index (χ4v) is 3.00. The first-order valence-corrected chi connectivity index (χ1v) is 7.80. The maximum absolute atomic E-state index is 5.53. The molecule has 0 aromatic carbocycles. The van der Waals surface area contributed by atoms with Crippen molar-refractivity contribution in [1.82, 2.24) is 10.3 Å². The number of hydrogen-bond acceptors (Lipinski definition) is 5. The van der Waals surface area contributed by atoms with Crippen molar-refractivity contribution in [3.8, 4) is 0 Å². The lowest BCUT2D eigenvalue weighted by Crippen LogP contribution is -2.26. The number of aromatic nitrogens is 1. The van der Waals surface area contributed by atoms with Gasteiger partial charge in [-0.15, -0.1) is 11.3 Å². The predicted octanol–water partition coefficient (Wildman–Crippen LogP) is 3.20. The fraction of sp³-hybridized carbons (Fsp3) is 0.786. The monoisotopic (exact) mass is 286 g/mol. The van der Waals surface area contributed by atoms with Crippen LogP contribution in [0.4, 0.5) is 0 Å². The summed E-state index contributed by atoms with van der Waals surface area (Å²) in [4.78, 5) is 5.78. The van der Waals surface area contributed by atoms with E-state index in [1.54, 1.807) is 11.3 Å². The van der Waals surface area contributed by atoms with Crippen molar-refractivity contribution >= 4 is 11.3 Å². The summed E-state index contributed by atoms with van der Waals surface area (Å²) in [6.07, 6.45) is 0.766. The van der Waals surface area contributed by atoms with Crippen LogP contribution in [0.2, 0.25) is 0 Å². The summed E-state index contributed by atoms with van der Waals surface area (Å²) in [5.41, 5.74) is 1.13. The van der Waals surface area contributed by atoms with Crippen molar-refractivity contribution in [2.24, 2.45) is 0 Å². The van der Waals surface area contributed by atoms with E-state index in [0.717, 1.165) is 23.7 Å². The molecule has 0 saturated heterocycles. The van der Waals surface area contributed by atoms with Crippen LogP contribution in [0.5, 0.6) is 0 Å². The zero-order valence-corrected chi connectivity index (χ0v) is 13.5. The molecule has 0 bridgehead atoms. The Kier molecular flexibility index (Phi) is 7.53. The van der Waals surface area contributed by atoms with Gasteiger partial charge in [0.2, 0.25) is 0 Å². The Balaban J connectivity index is 2.37. The van der Waals surface area contributed by atoms with E-state index in [2.05, 4.69) is 24.1 Å². The van der Waals surface area contributed by atoms with Gasteiger partial charge in [0.15, 0.2) is 6.29 Å². The Labute approximate surface area is 120 Å². The van der Waals surface area contributed by atoms with Crippen molar-refractivity contribution in [2.75, 3.05) is 19.8 Å². The number of aryl methyl sites for hydroxylation is 2. The molecule has 0 aliphatic rings. The van der Waals surface area contributed by atoms with Crippen LogP contribution in [-0.2, 0) is 9.47 Å². The number of hydrogen-bond donors (Lipinski definition) is 1. The van der Waals surface area contributed by atoms with Crippen molar-refractivity contribution < 1.29 is 9.47 Å². The largest absolute Gasteiger partial charge is 0.353 e. The summed E-state index contributed by atoms with van der Waals surface area (Å²) in [5.74, 6) is 0. The molecule has 1 N–H and O–H groups in total.